The van der Waals surface area contributed by atoms with Gasteiger partial charge in [0.2, 0.25) is 0 Å². The van der Waals surface area contributed by atoms with Crippen LogP contribution in [0.15, 0.2) is 11.6 Å². The van der Waals surface area contributed by atoms with Gasteiger partial charge in [0.25, 0.3) is 0 Å². The fourth-order valence-corrected chi connectivity index (χ4v) is 16.2. The van der Waals surface area contributed by atoms with Crippen LogP contribution in [0, 0.1) is 45.3 Å². The average Bonchev–Trinajstić information content (AvgIpc) is 2.45. The van der Waals surface area contributed by atoms with Crippen molar-refractivity contribution in [2.24, 2.45) is 45.3 Å². The van der Waals surface area contributed by atoms with E-state index in [9.17, 15) is 71.2 Å². The standard InChI is InChI=1S/C55H92O23/c1-24(2)11-10-15-55(9,78-49-45(69)41(65)38(62)31(74-49)23-72-47-43(67)36(60)28(59)21-71-47)26-12-17-54(8)35(26)27(58)19-33-52(6)16-14-34(51(4,5)32(52)13-18-53(33,54)7)76-50-46(42(66)39(63)30(75-50)22-70-25(3)57)77-48-44(68)40(64)37(61)29(20-56)73-48/h11,26-50,56,58-69H,10,12-23H2,1-9H3. The molecule has 23 nitrogen and oxygen atoms in total. The smallest absolute Gasteiger partial charge is 0.302 e. The van der Waals surface area contributed by atoms with Crippen molar-refractivity contribution in [1.82, 2.24) is 0 Å². The predicted molar refractivity (Wildman–Crippen MR) is 270 cm³/mol. The van der Waals surface area contributed by atoms with Gasteiger partial charge in [-0.2, -0.15) is 0 Å². The van der Waals surface area contributed by atoms with Crippen molar-refractivity contribution in [3.63, 3.8) is 0 Å². The Bertz CT molecular complexity index is 2060. The van der Waals surface area contributed by atoms with Crippen LogP contribution in [-0.4, -0.2) is 233 Å². The summed E-state index contributed by atoms with van der Waals surface area (Å²) in [7, 11) is 0. The molecule has 0 radical (unpaired) electrons. The lowest BCUT2D eigenvalue weighted by atomic mass is 9.35. The summed E-state index contributed by atoms with van der Waals surface area (Å²) in [4.78, 5) is 11.9. The average molecular weight is 1120 g/mol. The number of esters is 1. The van der Waals surface area contributed by atoms with Gasteiger partial charge in [0.05, 0.1) is 37.6 Å². The molecule has 450 valence electrons. The molecule has 23 heteroatoms. The van der Waals surface area contributed by atoms with E-state index in [0.29, 0.717) is 38.5 Å². The molecule has 8 aliphatic rings. The van der Waals surface area contributed by atoms with Crippen molar-refractivity contribution in [2.45, 2.75) is 255 Å². The van der Waals surface area contributed by atoms with Crippen LogP contribution in [0.1, 0.15) is 120 Å². The lowest BCUT2D eigenvalue weighted by Gasteiger charge is -2.71. The van der Waals surface area contributed by atoms with Crippen molar-refractivity contribution in [3.8, 4) is 0 Å². The third kappa shape index (κ3) is 11.3. The number of aliphatic hydroxyl groups excluding tert-OH is 13. The largest absolute Gasteiger partial charge is 0.463 e. The number of carbonyl (C=O) groups is 1. The second kappa shape index (κ2) is 23.8. The van der Waals surface area contributed by atoms with Crippen LogP contribution in [0.25, 0.3) is 0 Å². The van der Waals surface area contributed by atoms with Crippen LogP contribution < -0.4 is 0 Å². The van der Waals surface area contributed by atoms with Gasteiger partial charge >= 0.3 is 5.97 Å². The van der Waals surface area contributed by atoms with Gasteiger partial charge in [-0.1, -0.05) is 46.3 Å². The Hall–Kier alpha value is -1.63. The van der Waals surface area contributed by atoms with E-state index < -0.39 is 171 Å². The summed E-state index contributed by atoms with van der Waals surface area (Å²) in [5.41, 5.74) is -1.58. The molecular formula is C55H92O23. The predicted octanol–water partition coefficient (Wildman–Crippen LogP) is -0.993. The number of ether oxygens (including phenoxy) is 9. The second-order valence-corrected chi connectivity index (χ2v) is 25.9. The lowest BCUT2D eigenvalue weighted by Crippen LogP contribution is -2.68. The fourth-order valence-electron chi connectivity index (χ4n) is 16.2. The maximum atomic E-state index is 12.9. The molecule has 8 fully saturated rings. The highest BCUT2D eigenvalue weighted by Crippen LogP contribution is 2.76. The first kappa shape index (κ1) is 62.4. The number of hydrogen-bond acceptors (Lipinski definition) is 23. The zero-order valence-corrected chi connectivity index (χ0v) is 46.6. The van der Waals surface area contributed by atoms with E-state index in [0.717, 1.165) is 24.8 Å². The summed E-state index contributed by atoms with van der Waals surface area (Å²) in [6.07, 6.45) is -23.1. The molecule has 0 aromatic carbocycles. The van der Waals surface area contributed by atoms with Crippen LogP contribution >= 0.6 is 0 Å². The van der Waals surface area contributed by atoms with Crippen LogP contribution in [0.3, 0.4) is 0 Å². The van der Waals surface area contributed by atoms with Gasteiger partial charge in [-0.15, -0.1) is 0 Å². The summed E-state index contributed by atoms with van der Waals surface area (Å²) in [5.74, 6) is -1.11. The van der Waals surface area contributed by atoms with Gasteiger partial charge in [0.1, 0.15) is 98.2 Å². The minimum Gasteiger partial charge on any atom is -0.463 e. The number of allylic oxidation sites excluding steroid dienone is 2. The van der Waals surface area contributed by atoms with Crippen molar-refractivity contribution in [2.75, 3.05) is 26.4 Å². The number of hydrogen-bond donors (Lipinski definition) is 13. The molecule has 29 atom stereocenters. The fraction of sp³-hybridized carbons (Fsp3) is 0.945. The molecule has 8 rings (SSSR count). The minimum atomic E-state index is -1.84. The van der Waals surface area contributed by atoms with E-state index >= 15 is 0 Å². The number of fused-ring (bicyclic) bond motifs is 5. The lowest BCUT2D eigenvalue weighted by molar-refractivity contribution is -0.378. The highest BCUT2D eigenvalue weighted by atomic mass is 16.8. The molecule has 0 spiro atoms. The summed E-state index contributed by atoms with van der Waals surface area (Å²) in [6.45, 7) is 16.5. The Kier molecular flexibility index (Phi) is 19.0. The first-order valence-corrected chi connectivity index (χ1v) is 28.2. The Morgan fingerprint density at radius 3 is 1.86 bits per heavy atom. The van der Waals surface area contributed by atoms with Gasteiger partial charge in [-0.05, 0) is 124 Å². The zero-order valence-electron chi connectivity index (χ0n) is 46.6. The maximum absolute atomic E-state index is 12.9. The summed E-state index contributed by atoms with van der Waals surface area (Å²) < 4.78 is 54.3. The van der Waals surface area contributed by atoms with E-state index in [1.165, 1.54) is 6.92 Å². The maximum Gasteiger partial charge on any atom is 0.302 e. The monoisotopic (exact) mass is 1120 g/mol. The Morgan fingerprint density at radius 2 is 1.21 bits per heavy atom. The van der Waals surface area contributed by atoms with E-state index in [1.807, 2.05) is 20.8 Å². The Balaban J connectivity index is 1.02. The second-order valence-electron chi connectivity index (χ2n) is 25.9. The highest BCUT2D eigenvalue weighted by Gasteiger charge is 2.72. The van der Waals surface area contributed by atoms with E-state index in [2.05, 4.69) is 40.7 Å². The first-order valence-electron chi connectivity index (χ1n) is 28.2. The number of rotatable bonds is 16. The molecule has 4 saturated heterocycles. The van der Waals surface area contributed by atoms with E-state index in [4.69, 9.17) is 42.6 Å². The SMILES string of the molecule is CC(=O)OCC1OC(OC2CCC3(C)C(CCC4(C)C3CC(O)C3C(C(C)(CCC=C(C)C)OC5OC(COC6OCC(O)C(O)C6O)C(O)C(O)C5O)CCC34C)C2(C)C)C(OC2OC(CO)C(O)C(O)C2O)C(O)C1O. The summed E-state index contributed by atoms with van der Waals surface area (Å²) >= 11 is 0. The molecule has 0 bridgehead atoms. The molecule has 0 aromatic rings. The van der Waals surface area contributed by atoms with Gasteiger partial charge in [0, 0.05) is 6.92 Å². The van der Waals surface area contributed by atoms with Crippen molar-refractivity contribution in [1.29, 1.82) is 0 Å². The van der Waals surface area contributed by atoms with Crippen molar-refractivity contribution >= 4 is 5.97 Å². The molecular weight excluding hydrogens is 1030 g/mol. The molecule has 13 N–H and O–H groups in total. The first-order chi connectivity index (χ1) is 36.4. The molecule has 4 aliphatic heterocycles. The zero-order chi connectivity index (χ0) is 57.4. The van der Waals surface area contributed by atoms with E-state index in [-0.39, 0.29) is 41.1 Å². The van der Waals surface area contributed by atoms with Crippen molar-refractivity contribution in [3.05, 3.63) is 11.6 Å². The third-order valence-electron chi connectivity index (χ3n) is 20.8. The number of carbonyl (C=O) groups excluding carboxylic acids is 1. The van der Waals surface area contributed by atoms with Crippen LogP contribution in [-0.2, 0) is 47.4 Å². The molecule has 4 saturated carbocycles. The van der Waals surface area contributed by atoms with Gasteiger partial charge in [0.15, 0.2) is 25.2 Å². The topological polar surface area (TPSA) is 363 Å². The molecule has 4 aliphatic carbocycles. The van der Waals surface area contributed by atoms with E-state index in [1.54, 1.807) is 0 Å². The number of aliphatic hydroxyl groups is 13. The Morgan fingerprint density at radius 1 is 0.615 bits per heavy atom. The van der Waals surface area contributed by atoms with Gasteiger partial charge in [-0.3, -0.25) is 4.79 Å². The van der Waals surface area contributed by atoms with Gasteiger partial charge < -0.3 is 109 Å². The van der Waals surface area contributed by atoms with Crippen LogP contribution in [0.2, 0.25) is 0 Å². The highest BCUT2D eigenvalue weighted by molar-refractivity contribution is 5.65. The van der Waals surface area contributed by atoms with Crippen LogP contribution in [0.4, 0.5) is 0 Å². The quantitative estimate of drug-likeness (QED) is 0.0501. The summed E-state index contributed by atoms with van der Waals surface area (Å²) in [5, 5.41) is 142. The van der Waals surface area contributed by atoms with Crippen LogP contribution in [0.5, 0.6) is 0 Å². The van der Waals surface area contributed by atoms with Gasteiger partial charge in [-0.25, -0.2) is 0 Å². The molecule has 78 heavy (non-hydrogen) atoms. The van der Waals surface area contributed by atoms with Crippen molar-refractivity contribution < 1.29 is 114 Å². The Labute approximate surface area is 456 Å². The molecule has 29 unspecified atom stereocenters. The molecule has 0 amide bonds. The third-order valence-corrected chi connectivity index (χ3v) is 20.8. The normalized spacial score (nSPS) is 51.1. The summed E-state index contributed by atoms with van der Waals surface area (Å²) in [6, 6.07) is 0. The molecule has 4 heterocycles. The molecule has 0 aromatic heterocycles. The minimum absolute atomic E-state index is 0.0260.